The number of ether oxygens (including phenoxy) is 1. The zero-order valence-corrected chi connectivity index (χ0v) is 17.3. The van der Waals surface area contributed by atoms with E-state index in [-0.39, 0.29) is 0 Å². The van der Waals surface area contributed by atoms with Gasteiger partial charge in [0.2, 0.25) is 0 Å². The summed E-state index contributed by atoms with van der Waals surface area (Å²) in [6, 6.07) is 8.66. The van der Waals surface area contributed by atoms with Crippen molar-refractivity contribution < 1.29 is 4.74 Å². The topological polar surface area (TPSA) is 35.0 Å². The second-order valence-electron chi connectivity index (χ2n) is 7.37. The molecule has 0 bridgehead atoms. The van der Waals surface area contributed by atoms with Gasteiger partial charge in [-0.3, -0.25) is 0 Å². The lowest BCUT2D eigenvalue weighted by Gasteiger charge is -2.07. The van der Waals surface area contributed by atoms with Crippen LogP contribution in [0.2, 0.25) is 0 Å². The molecule has 0 aliphatic heterocycles. The van der Waals surface area contributed by atoms with Crippen LogP contribution >= 0.6 is 0 Å². The van der Waals surface area contributed by atoms with Gasteiger partial charge in [-0.2, -0.15) is 0 Å². The highest BCUT2D eigenvalue weighted by Gasteiger charge is 2.03. The molecule has 0 radical (unpaired) electrons. The Morgan fingerprint density at radius 1 is 0.704 bits per heavy atom. The highest BCUT2D eigenvalue weighted by atomic mass is 16.5. The molecule has 0 N–H and O–H groups in total. The van der Waals surface area contributed by atoms with Crippen LogP contribution in [-0.2, 0) is 6.42 Å². The Balaban J connectivity index is 1.72. The molecule has 1 aromatic carbocycles. The van der Waals surface area contributed by atoms with Crippen LogP contribution in [0.1, 0.15) is 83.6 Å². The van der Waals surface area contributed by atoms with Crippen LogP contribution in [0.15, 0.2) is 36.7 Å². The lowest BCUT2D eigenvalue weighted by atomic mass is 10.0. The summed E-state index contributed by atoms with van der Waals surface area (Å²) >= 11 is 0. The number of unbranched alkanes of at least 4 members (excludes halogenated alkanes) is 8. The molecule has 0 aliphatic rings. The van der Waals surface area contributed by atoms with E-state index in [9.17, 15) is 0 Å². The first-order valence-corrected chi connectivity index (χ1v) is 10.9. The highest BCUT2D eigenvalue weighted by molar-refractivity contribution is 5.55. The van der Waals surface area contributed by atoms with Crippen molar-refractivity contribution in [2.75, 3.05) is 6.61 Å². The maximum atomic E-state index is 5.76. The smallest absolute Gasteiger partial charge is 0.159 e. The average molecular weight is 369 g/mol. The molecule has 0 spiro atoms. The monoisotopic (exact) mass is 368 g/mol. The van der Waals surface area contributed by atoms with E-state index < -0.39 is 0 Å². The standard InChI is InChI=1S/C24H36N2O/c1-3-5-7-9-10-12-18-27-23-19-25-24(26-20-23)22-16-14-21(15-17-22)13-11-8-6-4-2/h14-17,19-20H,3-13,18H2,1-2H3. The van der Waals surface area contributed by atoms with Crippen LogP contribution in [0.3, 0.4) is 0 Å². The number of rotatable bonds is 14. The molecular weight excluding hydrogens is 332 g/mol. The van der Waals surface area contributed by atoms with E-state index in [1.165, 1.54) is 63.4 Å². The lowest BCUT2D eigenvalue weighted by Crippen LogP contribution is -1.99. The molecule has 2 aromatic rings. The minimum absolute atomic E-state index is 0.752. The molecule has 148 valence electrons. The van der Waals surface area contributed by atoms with E-state index in [4.69, 9.17) is 4.74 Å². The van der Waals surface area contributed by atoms with Crippen LogP contribution < -0.4 is 4.74 Å². The first-order chi connectivity index (χ1) is 13.3. The normalized spacial score (nSPS) is 10.9. The van der Waals surface area contributed by atoms with Gasteiger partial charge in [-0.25, -0.2) is 9.97 Å². The molecule has 3 heteroatoms. The molecule has 0 atom stereocenters. The fourth-order valence-corrected chi connectivity index (χ4v) is 3.19. The van der Waals surface area contributed by atoms with Gasteiger partial charge in [-0.1, -0.05) is 89.5 Å². The molecule has 0 amide bonds. The quantitative estimate of drug-likeness (QED) is 0.336. The third kappa shape index (κ3) is 8.55. The van der Waals surface area contributed by atoms with Gasteiger partial charge in [0, 0.05) is 5.56 Å². The summed E-state index contributed by atoms with van der Waals surface area (Å²) in [7, 11) is 0. The van der Waals surface area contributed by atoms with Gasteiger partial charge in [-0.15, -0.1) is 0 Å². The fraction of sp³-hybridized carbons (Fsp3) is 0.583. The zero-order chi connectivity index (χ0) is 19.2. The number of hydrogen-bond donors (Lipinski definition) is 0. The summed E-state index contributed by atoms with van der Waals surface area (Å²) in [6.45, 7) is 5.25. The van der Waals surface area contributed by atoms with Crippen molar-refractivity contribution in [1.82, 2.24) is 9.97 Å². The molecule has 1 heterocycles. The Kier molecular flexibility index (Phi) is 10.5. The van der Waals surface area contributed by atoms with E-state index >= 15 is 0 Å². The third-order valence-electron chi connectivity index (χ3n) is 4.93. The largest absolute Gasteiger partial charge is 0.490 e. The van der Waals surface area contributed by atoms with Crippen molar-refractivity contribution in [2.45, 2.75) is 84.5 Å². The molecule has 3 nitrogen and oxygen atoms in total. The Morgan fingerprint density at radius 3 is 1.96 bits per heavy atom. The van der Waals surface area contributed by atoms with Gasteiger partial charge < -0.3 is 4.74 Å². The first kappa shape index (κ1) is 21.4. The fourth-order valence-electron chi connectivity index (χ4n) is 3.19. The van der Waals surface area contributed by atoms with Crippen LogP contribution in [-0.4, -0.2) is 16.6 Å². The number of hydrogen-bond acceptors (Lipinski definition) is 3. The summed E-state index contributed by atoms with van der Waals surface area (Å²) < 4.78 is 5.76. The molecular formula is C24H36N2O. The van der Waals surface area contributed by atoms with Crippen LogP contribution in [0.25, 0.3) is 11.4 Å². The van der Waals surface area contributed by atoms with Crippen LogP contribution in [0.5, 0.6) is 5.75 Å². The van der Waals surface area contributed by atoms with Gasteiger partial charge in [-0.05, 0) is 24.8 Å². The van der Waals surface area contributed by atoms with E-state index in [2.05, 4.69) is 48.1 Å². The summed E-state index contributed by atoms with van der Waals surface area (Å²) in [5, 5.41) is 0. The van der Waals surface area contributed by atoms with E-state index in [0.29, 0.717) is 0 Å². The van der Waals surface area contributed by atoms with Gasteiger partial charge in [0.1, 0.15) is 0 Å². The van der Waals surface area contributed by atoms with Crippen molar-refractivity contribution in [3.8, 4) is 17.1 Å². The van der Waals surface area contributed by atoms with Gasteiger partial charge in [0.15, 0.2) is 11.6 Å². The Bertz CT molecular complexity index is 607. The SMILES string of the molecule is CCCCCCCCOc1cnc(-c2ccc(CCCCCC)cc2)nc1. The number of aromatic nitrogens is 2. The molecule has 0 unspecified atom stereocenters. The number of benzene rings is 1. The maximum absolute atomic E-state index is 5.76. The number of nitrogens with zero attached hydrogens (tertiary/aromatic N) is 2. The lowest BCUT2D eigenvalue weighted by molar-refractivity contribution is 0.302. The first-order valence-electron chi connectivity index (χ1n) is 10.9. The Hall–Kier alpha value is -1.90. The maximum Gasteiger partial charge on any atom is 0.159 e. The van der Waals surface area contributed by atoms with Gasteiger partial charge in [0.25, 0.3) is 0 Å². The molecule has 0 saturated heterocycles. The minimum atomic E-state index is 0.752. The Morgan fingerprint density at radius 2 is 1.30 bits per heavy atom. The van der Waals surface area contributed by atoms with Crippen molar-refractivity contribution in [3.05, 3.63) is 42.2 Å². The second-order valence-corrected chi connectivity index (χ2v) is 7.37. The molecule has 2 rings (SSSR count). The molecule has 27 heavy (non-hydrogen) atoms. The molecule has 0 fully saturated rings. The molecule has 0 saturated carbocycles. The van der Waals surface area contributed by atoms with Crippen molar-refractivity contribution in [1.29, 1.82) is 0 Å². The summed E-state index contributed by atoms with van der Waals surface area (Å²) in [5.41, 5.74) is 2.46. The van der Waals surface area contributed by atoms with Crippen LogP contribution in [0.4, 0.5) is 0 Å². The van der Waals surface area contributed by atoms with Crippen LogP contribution in [0, 0.1) is 0 Å². The number of aryl methyl sites for hydroxylation is 1. The Labute approximate surface area is 165 Å². The molecule has 0 aliphatic carbocycles. The summed E-state index contributed by atoms with van der Waals surface area (Å²) in [6.07, 6.45) is 17.6. The zero-order valence-electron chi connectivity index (χ0n) is 17.3. The van der Waals surface area contributed by atoms with E-state index in [0.717, 1.165) is 36.6 Å². The van der Waals surface area contributed by atoms with Gasteiger partial charge in [0.05, 0.1) is 19.0 Å². The predicted octanol–water partition coefficient (Wildman–Crippen LogP) is 7.01. The highest BCUT2D eigenvalue weighted by Crippen LogP contribution is 2.18. The van der Waals surface area contributed by atoms with E-state index in [1.807, 2.05) is 0 Å². The van der Waals surface area contributed by atoms with Crippen molar-refractivity contribution in [2.24, 2.45) is 0 Å². The third-order valence-corrected chi connectivity index (χ3v) is 4.93. The average Bonchev–Trinajstić information content (AvgIpc) is 2.71. The summed E-state index contributed by atoms with van der Waals surface area (Å²) in [4.78, 5) is 8.94. The predicted molar refractivity (Wildman–Crippen MR) is 114 cm³/mol. The second kappa shape index (κ2) is 13.3. The van der Waals surface area contributed by atoms with Gasteiger partial charge >= 0.3 is 0 Å². The van der Waals surface area contributed by atoms with Crippen molar-refractivity contribution in [3.63, 3.8) is 0 Å². The summed E-state index contributed by atoms with van der Waals surface area (Å²) in [5.74, 6) is 1.53. The molecule has 1 aromatic heterocycles. The van der Waals surface area contributed by atoms with E-state index in [1.54, 1.807) is 12.4 Å². The minimum Gasteiger partial charge on any atom is -0.490 e. The van der Waals surface area contributed by atoms with Crippen molar-refractivity contribution >= 4 is 0 Å².